The number of halogens is 1. The molecular formula is C38H29FN2O4. The van der Waals surface area contributed by atoms with Crippen molar-refractivity contribution in [2.24, 2.45) is 0 Å². The molecule has 0 atom stereocenters. The normalized spacial score (nSPS) is 11.2. The second-order valence-electron chi connectivity index (χ2n) is 9.97. The third-order valence-electron chi connectivity index (χ3n) is 6.72. The van der Waals surface area contributed by atoms with Crippen molar-refractivity contribution in [1.82, 2.24) is 5.32 Å². The van der Waals surface area contributed by atoms with E-state index in [9.17, 15) is 18.8 Å². The quantitative estimate of drug-likeness (QED) is 0.121. The number of ketones is 1. The number of ether oxygens (including phenoxy) is 1. The Bertz CT molecular complexity index is 1830. The molecule has 0 fully saturated rings. The standard InChI is InChI=1S/C38H29FN2O4/c39-34-14-8-7-13-31(34)25-35(41-37(43)30-11-5-2-6-12-30)38(44)40-32-20-18-29(19-21-32)36(42)24-17-27-15-22-33(23-16-27)45-26-28-9-3-1-4-10-28/h1-25H,26H2,(H,40,44)(H,41,43)/b24-17+,35-25-. The Balaban J connectivity index is 1.21. The zero-order chi connectivity index (χ0) is 31.4. The van der Waals surface area contributed by atoms with Crippen molar-refractivity contribution in [2.75, 3.05) is 5.32 Å². The van der Waals surface area contributed by atoms with Gasteiger partial charge < -0.3 is 15.4 Å². The second-order valence-corrected chi connectivity index (χ2v) is 9.97. The van der Waals surface area contributed by atoms with Crippen LogP contribution in [0.15, 0.2) is 145 Å². The summed E-state index contributed by atoms with van der Waals surface area (Å²) in [6.45, 7) is 0.469. The molecular weight excluding hydrogens is 567 g/mol. The van der Waals surface area contributed by atoms with Gasteiger partial charge in [0, 0.05) is 22.4 Å². The van der Waals surface area contributed by atoms with Crippen LogP contribution in [-0.4, -0.2) is 17.6 Å². The first-order chi connectivity index (χ1) is 21.9. The molecule has 0 bridgehead atoms. The molecule has 5 aromatic carbocycles. The molecule has 0 unspecified atom stereocenters. The highest BCUT2D eigenvalue weighted by molar-refractivity contribution is 6.11. The van der Waals surface area contributed by atoms with E-state index in [0.29, 0.717) is 23.4 Å². The number of amides is 2. The van der Waals surface area contributed by atoms with Crippen LogP contribution >= 0.6 is 0 Å². The van der Waals surface area contributed by atoms with Crippen LogP contribution in [0.1, 0.15) is 37.4 Å². The Morgan fingerprint density at radius 3 is 2.02 bits per heavy atom. The Morgan fingerprint density at radius 2 is 1.33 bits per heavy atom. The van der Waals surface area contributed by atoms with Crippen LogP contribution in [0.2, 0.25) is 0 Å². The third-order valence-corrected chi connectivity index (χ3v) is 6.72. The Kier molecular flexibility index (Phi) is 10.1. The van der Waals surface area contributed by atoms with E-state index in [-0.39, 0.29) is 17.0 Å². The summed E-state index contributed by atoms with van der Waals surface area (Å²) in [5.74, 6) is -1.20. The minimum atomic E-state index is -0.655. The molecule has 2 amide bonds. The largest absolute Gasteiger partial charge is 0.489 e. The van der Waals surface area contributed by atoms with Gasteiger partial charge in [-0.05, 0) is 77.9 Å². The van der Waals surface area contributed by atoms with Crippen LogP contribution in [0, 0.1) is 5.82 Å². The van der Waals surface area contributed by atoms with Crippen LogP contribution in [0.3, 0.4) is 0 Å². The maximum atomic E-state index is 14.4. The number of allylic oxidation sites excluding steroid dienone is 1. The maximum absolute atomic E-state index is 14.4. The fraction of sp³-hybridized carbons (Fsp3) is 0.0263. The molecule has 0 aliphatic heterocycles. The smallest absolute Gasteiger partial charge is 0.272 e. The van der Waals surface area contributed by atoms with Gasteiger partial charge in [-0.2, -0.15) is 0 Å². The highest BCUT2D eigenvalue weighted by Gasteiger charge is 2.16. The lowest BCUT2D eigenvalue weighted by molar-refractivity contribution is -0.113. The minimum absolute atomic E-state index is 0.137. The molecule has 0 radical (unpaired) electrons. The molecule has 6 nitrogen and oxygen atoms in total. The van der Waals surface area contributed by atoms with Gasteiger partial charge in [0.25, 0.3) is 11.8 Å². The summed E-state index contributed by atoms with van der Waals surface area (Å²) < 4.78 is 20.2. The number of hydrogen-bond acceptors (Lipinski definition) is 4. The lowest BCUT2D eigenvalue weighted by Crippen LogP contribution is -2.30. The summed E-state index contributed by atoms with van der Waals surface area (Å²) >= 11 is 0. The average molecular weight is 597 g/mol. The van der Waals surface area contributed by atoms with Crippen LogP contribution in [-0.2, 0) is 11.4 Å². The van der Waals surface area contributed by atoms with Crippen molar-refractivity contribution in [2.45, 2.75) is 6.61 Å². The van der Waals surface area contributed by atoms with Crippen molar-refractivity contribution in [1.29, 1.82) is 0 Å². The van der Waals surface area contributed by atoms with Crippen LogP contribution in [0.4, 0.5) is 10.1 Å². The van der Waals surface area contributed by atoms with Gasteiger partial charge in [-0.3, -0.25) is 14.4 Å². The summed E-state index contributed by atoms with van der Waals surface area (Å²) in [5.41, 5.74) is 3.06. The number of anilines is 1. The van der Waals surface area contributed by atoms with Crippen molar-refractivity contribution in [3.8, 4) is 5.75 Å². The van der Waals surface area contributed by atoms with Crippen molar-refractivity contribution < 1.29 is 23.5 Å². The van der Waals surface area contributed by atoms with E-state index >= 15 is 0 Å². The van der Waals surface area contributed by atoms with Gasteiger partial charge in [0.05, 0.1) is 0 Å². The Morgan fingerprint density at radius 1 is 0.689 bits per heavy atom. The number of carbonyl (C=O) groups excluding carboxylic acids is 3. The number of hydrogen-bond donors (Lipinski definition) is 2. The minimum Gasteiger partial charge on any atom is -0.489 e. The molecule has 7 heteroatoms. The van der Waals surface area contributed by atoms with Gasteiger partial charge in [0.15, 0.2) is 5.78 Å². The molecule has 0 aliphatic rings. The SMILES string of the molecule is O=C(Nc1ccc(C(=O)/C=C/c2ccc(OCc3ccccc3)cc2)cc1)/C(=C/c1ccccc1F)NC(=O)c1ccccc1. The molecule has 0 spiro atoms. The molecule has 0 saturated carbocycles. The maximum Gasteiger partial charge on any atom is 0.272 e. The van der Waals surface area contributed by atoms with Crippen molar-refractivity contribution in [3.63, 3.8) is 0 Å². The van der Waals surface area contributed by atoms with Gasteiger partial charge in [0.1, 0.15) is 23.9 Å². The molecule has 2 N–H and O–H groups in total. The molecule has 0 heterocycles. The van der Waals surface area contributed by atoms with E-state index in [4.69, 9.17) is 4.74 Å². The fourth-order valence-electron chi connectivity index (χ4n) is 4.29. The Labute approximate surface area is 260 Å². The second kappa shape index (κ2) is 14.9. The summed E-state index contributed by atoms with van der Waals surface area (Å²) in [5, 5.41) is 5.28. The van der Waals surface area contributed by atoms with E-state index in [0.717, 1.165) is 16.9 Å². The Hall–Kier alpha value is -6.08. The number of nitrogens with one attached hydrogen (secondary N) is 2. The highest BCUT2D eigenvalue weighted by atomic mass is 19.1. The van der Waals surface area contributed by atoms with Crippen molar-refractivity contribution >= 4 is 35.4 Å². The van der Waals surface area contributed by atoms with Gasteiger partial charge in [-0.15, -0.1) is 0 Å². The van der Waals surface area contributed by atoms with Gasteiger partial charge in [0.2, 0.25) is 0 Å². The first-order valence-electron chi connectivity index (χ1n) is 14.2. The molecule has 222 valence electrons. The molecule has 0 aliphatic carbocycles. The summed E-state index contributed by atoms with van der Waals surface area (Å²) in [4.78, 5) is 38.8. The van der Waals surface area contributed by atoms with Crippen molar-refractivity contribution in [3.05, 3.63) is 179 Å². The van der Waals surface area contributed by atoms with E-state index in [1.165, 1.54) is 30.4 Å². The molecule has 0 aromatic heterocycles. The number of benzene rings is 5. The van der Waals surface area contributed by atoms with Gasteiger partial charge in [-0.25, -0.2) is 4.39 Å². The first-order valence-corrected chi connectivity index (χ1v) is 14.2. The number of rotatable bonds is 11. The molecule has 0 saturated heterocycles. The van der Waals surface area contributed by atoms with Crippen LogP contribution in [0.25, 0.3) is 12.2 Å². The molecule has 5 aromatic rings. The van der Waals surface area contributed by atoms with Crippen LogP contribution in [0.5, 0.6) is 5.75 Å². The van der Waals surface area contributed by atoms with E-state index in [1.54, 1.807) is 66.7 Å². The van der Waals surface area contributed by atoms with Gasteiger partial charge >= 0.3 is 0 Å². The molecule has 5 rings (SSSR count). The van der Waals surface area contributed by atoms with E-state index in [2.05, 4.69) is 10.6 Å². The third kappa shape index (κ3) is 8.72. The highest BCUT2D eigenvalue weighted by Crippen LogP contribution is 2.17. The van der Waals surface area contributed by atoms with E-state index in [1.807, 2.05) is 54.6 Å². The molecule has 45 heavy (non-hydrogen) atoms. The first kappa shape index (κ1) is 30.4. The van der Waals surface area contributed by atoms with Gasteiger partial charge in [-0.1, -0.05) is 84.9 Å². The average Bonchev–Trinajstić information content (AvgIpc) is 3.08. The zero-order valence-corrected chi connectivity index (χ0v) is 24.2. The predicted octanol–water partition coefficient (Wildman–Crippen LogP) is 7.71. The predicted molar refractivity (Wildman–Crippen MR) is 174 cm³/mol. The zero-order valence-electron chi connectivity index (χ0n) is 24.2. The lowest BCUT2D eigenvalue weighted by atomic mass is 10.1. The fourth-order valence-corrected chi connectivity index (χ4v) is 4.29. The lowest BCUT2D eigenvalue weighted by Gasteiger charge is -2.12. The number of carbonyl (C=O) groups is 3. The van der Waals surface area contributed by atoms with E-state index < -0.39 is 17.6 Å². The monoisotopic (exact) mass is 596 g/mol. The topological polar surface area (TPSA) is 84.5 Å². The summed E-state index contributed by atoms with van der Waals surface area (Å²) in [7, 11) is 0. The van der Waals surface area contributed by atoms with Crippen LogP contribution < -0.4 is 15.4 Å². The summed E-state index contributed by atoms with van der Waals surface area (Å²) in [6.07, 6.45) is 4.46. The summed E-state index contributed by atoms with van der Waals surface area (Å²) in [6, 6.07) is 38.0.